The van der Waals surface area contributed by atoms with E-state index in [4.69, 9.17) is 0 Å². The minimum atomic E-state index is -3.60. The molecule has 0 spiro atoms. The van der Waals surface area contributed by atoms with Gasteiger partial charge in [-0.25, -0.2) is 21.5 Å². The van der Waals surface area contributed by atoms with Crippen LogP contribution in [0.2, 0.25) is 0 Å². The lowest BCUT2D eigenvalue weighted by atomic mass is 10.2. The van der Waals surface area contributed by atoms with Gasteiger partial charge in [0.25, 0.3) is 5.91 Å². The van der Waals surface area contributed by atoms with Crippen LogP contribution in [0.25, 0.3) is 10.2 Å². The van der Waals surface area contributed by atoms with Crippen LogP contribution in [-0.4, -0.2) is 37.3 Å². The van der Waals surface area contributed by atoms with Crippen LogP contribution in [0.3, 0.4) is 0 Å². The highest BCUT2D eigenvalue weighted by atomic mass is 32.2. The fourth-order valence-electron chi connectivity index (χ4n) is 2.44. The lowest BCUT2D eigenvalue weighted by Crippen LogP contribution is -2.22. The van der Waals surface area contributed by atoms with Gasteiger partial charge in [-0.2, -0.15) is 4.99 Å². The number of fused-ring (bicyclic) bond motifs is 1. The van der Waals surface area contributed by atoms with Crippen molar-refractivity contribution in [3.05, 3.63) is 58.4 Å². The molecule has 0 radical (unpaired) electrons. The first-order valence-corrected chi connectivity index (χ1v) is 9.93. The molecule has 1 heterocycles. The van der Waals surface area contributed by atoms with Gasteiger partial charge in [0.2, 0.25) is 10.0 Å². The fraction of sp³-hybridized carbons (Fsp3) is 0.176. The molecule has 0 fully saturated rings. The first-order valence-electron chi connectivity index (χ1n) is 7.67. The Bertz CT molecular complexity index is 1210. The maximum absolute atomic E-state index is 14.0. The normalized spacial score (nSPS) is 12.9. The quantitative estimate of drug-likeness (QED) is 0.665. The van der Waals surface area contributed by atoms with Crippen molar-refractivity contribution in [3.8, 4) is 0 Å². The average molecular weight is 411 g/mol. The van der Waals surface area contributed by atoms with E-state index in [1.54, 1.807) is 0 Å². The summed E-state index contributed by atoms with van der Waals surface area (Å²) in [5.74, 6) is -2.07. The monoisotopic (exact) mass is 411 g/mol. The number of halogens is 2. The number of thiazole rings is 1. The summed E-state index contributed by atoms with van der Waals surface area (Å²) in [6.07, 6.45) is 0. The number of benzene rings is 2. The van der Waals surface area contributed by atoms with Crippen LogP contribution in [0.1, 0.15) is 10.4 Å². The van der Waals surface area contributed by atoms with Crippen molar-refractivity contribution < 1.29 is 22.0 Å². The van der Waals surface area contributed by atoms with Crippen LogP contribution >= 0.6 is 11.3 Å². The summed E-state index contributed by atoms with van der Waals surface area (Å²) < 4.78 is 54.2. The molecule has 0 aliphatic carbocycles. The molecule has 6 nitrogen and oxygen atoms in total. The Labute approximate surface area is 158 Å². The van der Waals surface area contributed by atoms with E-state index in [2.05, 4.69) is 4.99 Å². The highest BCUT2D eigenvalue weighted by molar-refractivity contribution is 7.89. The molecule has 0 saturated heterocycles. The number of amides is 1. The maximum atomic E-state index is 14.0. The third-order valence-corrected chi connectivity index (χ3v) is 6.80. The zero-order valence-electron chi connectivity index (χ0n) is 14.6. The molecule has 0 N–H and O–H groups in total. The zero-order chi connectivity index (χ0) is 19.9. The molecule has 1 amide bonds. The molecule has 0 aliphatic heterocycles. The van der Waals surface area contributed by atoms with Gasteiger partial charge >= 0.3 is 0 Å². The average Bonchev–Trinajstić information content (AvgIpc) is 2.90. The van der Waals surface area contributed by atoms with E-state index in [-0.39, 0.29) is 20.8 Å². The molecule has 142 valence electrons. The van der Waals surface area contributed by atoms with E-state index in [1.165, 1.54) is 56.0 Å². The Morgan fingerprint density at radius 2 is 1.78 bits per heavy atom. The van der Waals surface area contributed by atoms with Crippen molar-refractivity contribution in [2.45, 2.75) is 4.90 Å². The Hall–Kier alpha value is -2.43. The molecule has 2 aromatic carbocycles. The molecule has 0 saturated carbocycles. The van der Waals surface area contributed by atoms with Crippen LogP contribution in [0, 0.1) is 11.6 Å². The van der Waals surface area contributed by atoms with E-state index < -0.39 is 27.6 Å². The van der Waals surface area contributed by atoms with Crippen LogP contribution < -0.4 is 4.80 Å². The summed E-state index contributed by atoms with van der Waals surface area (Å²) in [4.78, 5) is 16.6. The van der Waals surface area contributed by atoms with E-state index in [0.717, 1.165) is 21.7 Å². The van der Waals surface area contributed by atoms with Crippen molar-refractivity contribution in [2.24, 2.45) is 12.0 Å². The Balaban J connectivity index is 2.01. The summed E-state index contributed by atoms with van der Waals surface area (Å²) in [6.45, 7) is 0. The minimum Gasteiger partial charge on any atom is -0.317 e. The highest BCUT2D eigenvalue weighted by Crippen LogP contribution is 2.21. The molecule has 0 aliphatic rings. The summed E-state index contributed by atoms with van der Waals surface area (Å²) >= 11 is 0.979. The van der Waals surface area contributed by atoms with E-state index >= 15 is 0 Å². The molecule has 1 aromatic heterocycles. The van der Waals surface area contributed by atoms with Crippen molar-refractivity contribution in [1.29, 1.82) is 0 Å². The van der Waals surface area contributed by atoms with Crippen LogP contribution in [0.15, 0.2) is 46.3 Å². The largest absolute Gasteiger partial charge is 0.317 e. The van der Waals surface area contributed by atoms with Crippen molar-refractivity contribution >= 4 is 37.5 Å². The van der Waals surface area contributed by atoms with Gasteiger partial charge < -0.3 is 4.57 Å². The Morgan fingerprint density at radius 3 is 2.37 bits per heavy atom. The predicted molar refractivity (Wildman–Crippen MR) is 97.9 cm³/mol. The predicted octanol–water partition coefficient (Wildman–Crippen LogP) is 2.51. The SMILES string of the molecule is CN(C)S(=O)(=O)c1ccc(C(=O)N=c2sc3cc(F)cc(F)c3n2C)cc1. The van der Waals surface area contributed by atoms with Crippen LogP contribution in [0.5, 0.6) is 0 Å². The molecule has 0 unspecified atom stereocenters. The smallest absolute Gasteiger partial charge is 0.279 e. The number of carbonyl (C=O) groups excluding carboxylic acids is 1. The second-order valence-electron chi connectivity index (χ2n) is 5.91. The molecular weight excluding hydrogens is 396 g/mol. The van der Waals surface area contributed by atoms with Gasteiger partial charge in [0, 0.05) is 32.8 Å². The van der Waals surface area contributed by atoms with Gasteiger partial charge in [-0.3, -0.25) is 4.79 Å². The van der Waals surface area contributed by atoms with Crippen LogP contribution in [-0.2, 0) is 17.1 Å². The second kappa shape index (κ2) is 6.95. The molecule has 3 aromatic rings. The van der Waals surface area contributed by atoms with E-state index in [1.807, 2.05) is 0 Å². The third-order valence-electron chi connectivity index (χ3n) is 3.89. The molecule has 3 rings (SSSR count). The number of carbonyl (C=O) groups is 1. The first-order chi connectivity index (χ1) is 12.6. The molecular formula is C17H15F2N3O3S2. The zero-order valence-corrected chi connectivity index (χ0v) is 16.2. The molecule has 0 atom stereocenters. The standard InChI is InChI=1S/C17H15F2N3O3S2/c1-21(2)27(24,25)12-6-4-10(5-7-12)16(23)20-17-22(3)15-13(19)8-11(18)9-14(15)26-17/h4-9H,1-3H3. The van der Waals surface area contributed by atoms with Gasteiger partial charge in [-0.1, -0.05) is 11.3 Å². The van der Waals surface area contributed by atoms with Gasteiger partial charge in [-0.05, 0) is 30.3 Å². The van der Waals surface area contributed by atoms with Gasteiger partial charge in [0.05, 0.1) is 15.1 Å². The van der Waals surface area contributed by atoms with Crippen LogP contribution in [0.4, 0.5) is 8.78 Å². The van der Waals surface area contributed by atoms with E-state index in [0.29, 0.717) is 4.70 Å². The fourth-order valence-corrected chi connectivity index (χ4v) is 4.40. The van der Waals surface area contributed by atoms with Gasteiger partial charge in [0.1, 0.15) is 5.82 Å². The minimum absolute atomic E-state index is 0.0500. The van der Waals surface area contributed by atoms with Gasteiger partial charge in [0.15, 0.2) is 10.6 Å². The molecule has 0 bridgehead atoms. The number of rotatable bonds is 3. The Kier molecular flexibility index (Phi) is 4.98. The topological polar surface area (TPSA) is 71.7 Å². The van der Waals surface area contributed by atoms with Crippen molar-refractivity contribution in [1.82, 2.24) is 8.87 Å². The summed E-state index contributed by atoms with van der Waals surface area (Å²) in [7, 11) is 0.747. The number of nitrogens with zero attached hydrogens (tertiary/aromatic N) is 3. The number of hydrogen-bond acceptors (Lipinski definition) is 4. The third kappa shape index (κ3) is 3.55. The number of aryl methyl sites for hydroxylation is 1. The maximum Gasteiger partial charge on any atom is 0.279 e. The lowest BCUT2D eigenvalue weighted by Gasteiger charge is -2.11. The number of sulfonamides is 1. The Morgan fingerprint density at radius 1 is 1.15 bits per heavy atom. The first kappa shape index (κ1) is 19.3. The molecule has 10 heteroatoms. The number of hydrogen-bond donors (Lipinski definition) is 0. The summed E-state index contributed by atoms with van der Waals surface area (Å²) in [5, 5.41) is 0. The van der Waals surface area contributed by atoms with E-state index in [9.17, 15) is 22.0 Å². The summed E-state index contributed by atoms with van der Waals surface area (Å²) in [6, 6.07) is 7.29. The lowest BCUT2D eigenvalue weighted by molar-refractivity contribution is 0.0998. The highest BCUT2D eigenvalue weighted by Gasteiger charge is 2.18. The summed E-state index contributed by atoms with van der Waals surface area (Å²) in [5.41, 5.74) is 0.331. The second-order valence-corrected chi connectivity index (χ2v) is 9.07. The van der Waals surface area contributed by atoms with Crippen molar-refractivity contribution in [3.63, 3.8) is 0 Å². The van der Waals surface area contributed by atoms with Gasteiger partial charge in [-0.15, -0.1) is 0 Å². The number of aromatic nitrogens is 1. The van der Waals surface area contributed by atoms with Crippen molar-refractivity contribution in [2.75, 3.05) is 14.1 Å². The molecule has 27 heavy (non-hydrogen) atoms.